The Hall–Kier alpha value is 1.25. The molecule has 4 N–H and O–H groups in total. The third-order valence-electron chi connectivity index (χ3n) is 0. The van der Waals surface area contributed by atoms with Gasteiger partial charge in [0.2, 0.25) is 0 Å². The van der Waals surface area contributed by atoms with Crippen LogP contribution < -0.4 is 0 Å². The van der Waals surface area contributed by atoms with Gasteiger partial charge in [0.25, 0.3) is 0 Å². The molecule has 0 bridgehead atoms. The summed E-state index contributed by atoms with van der Waals surface area (Å²) in [7, 11) is 4.00. The van der Waals surface area contributed by atoms with E-state index in [9.17, 15) is 0 Å². The topological polar surface area (TPSA) is 80.9 Å². The van der Waals surface area contributed by atoms with E-state index in [1.165, 1.54) is 0 Å². The van der Waals surface area contributed by atoms with Crippen molar-refractivity contribution in [1.82, 2.24) is 0 Å². The molecule has 0 radical (unpaired) electrons. The summed E-state index contributed by atoms with van der Waals surface area (Å²) in [4.78, 5) is 0. The maximum absolute atomic E-state index is 7.00. The average molecular weight is 383 g/mol. The van der Waals surface area contributed by atoms with Gasteiger partial charge in [-0.15, -0.1) is 0 Å². The molecular weight excluding hydrogens is 363 g/mol. The Balaban J connectivity index is -0.00000000500. The van der Waals surface area contributed by atoms with E-state index in [4.69, 9.17) is 20.4 Å². The molecule has 0 aromatic carbocycles. The smallest absolute Gasteiger partial charge is 0 e. The van der Waals surface area contributed by atoms with Gasteiger partial charge >= 0.3 is 17.6 Å². The Kier molecular flexibility index (Phi) is 2400. The minimum Gasteiger partial charge on any atom is 0 e. The summed E-state index contributed by atoms with van der Waals surface area (Å²) in [6.45, 7) is 0. The molecule has 6 heteroatoms. The Morgan fingerprint density at radius 2 is 0.500 bits per heavy atom. The number of rotatable bonds is 0. The summed E-state index contributed by atoms with van der Waals surface area (Å²) in [5, 5.41) is 28.0. The van der Waals surface area contributed by atoms with Crippen LogP contribution in [0.1, 0.15) is 0 Å². The third-order valence-corrected chi connectivity index (χ3v) is 0. The van der Waals surface area contributed by atoms with Crippen molar-refractivity contribution in [3.8, 4) is 0 Å². The molecule has 0 spiro atoms. The van der Waals surface area contributed by atoms with E-state index in [2.05, 4.69) is 0 Å². The molecule has 0 amide bonds. The van der Waals surface area contributed by atoms with Crippen molar-refractivity contribution < 1.29 is 46.3 Å². The van der Waals surface area contributed by atoms with Gasteiger partial charge in [-0.3, -0.25) is 0 Å². The number of aliphatic hydroxyl groups excluding tert-OH is 4. The third kappa shape index (κ3) is 401. The van der Waals surface area contributed by atoms with Gasteiger partial charge in [-0.25, -0.2) is 0 Å². The maximum Gasteiger partial charge on any atom is 0 e. The monoisotopic (exact) mass is 386 g/mol. The fourth-order valence-electron chi connectivity index (χ4n) is 0. The summed E-state index contributed by atoms with van der Waals surface area (Å²) in [5.74, 6) is 0. The van der Waals surface area contributed by atoms with Crippen molar-refractivity contribution in [2.24, 2.45) is 0 Å². The predicted molar refractivity (Wildman–Crippen MR) is 43.9 cm³/mol. The summed E-state index contributed by atoms with van der Waals surface area (Å²) in [5.41, 5.74) is 0. The molecule has 0 rings (SSSR count). The van der Waals surface area contributed by atoms with Gasteiger partial charge in [0.05, 0.1) is 0 Å². The van der Waals surface area contributed by atoms with E-state index in [1.807, 2.05) is 0 Å². The van der Waals surface area contributed by atoms with Crippen molar-refractivity contribution in [3.63, 3.8) is 0 Å². The SMILES string of the molecule is CO.CO.CO.CO.[GeH4].[Hf]. The molecule has 0 aliphatic heterocycles. The minimum absolute atomic E-state index is 0. The fourth-order valence-corrected chi connectivity index (χ4v) is 0. The Labute approximate surface area is 92.0 Å². The van der Waals surface area contributed by atoms with Crippen LogP contribution in [0.2, 0.25) is 0 Å². The second kappa shape index (κ2) is 559. The molecule has 0 unspecified atom stereocenters. The van der Waals surface area contributed by atoms with Gasteiger partial charge < -0.3 is 20.4 Å². The Morgan fingerprint density at radius 1 is 0.500 bits per heavy atom. The second-order valence-corrected chi connectivity index (χ2v) is 0. The van der Waals surface area contributed by atoms with Gasteiger partial charge in [0.15, 0.2) is 0 Å². The normalized spacial score (nSPS) is 2.40. The molecule has 0 aliphatic carbocycles. The van der Waals surface area contributed by atoms with E-state index >= 15 is 0 Å². The molecule has 0 aromatic heterocycles. The van der Waals surface area contributed by atoms with Crippen LogP contribution in [0.25, 0.3) is 0 Å². The molecule has 4 nitrogen and oxygen atoms in total. The van der Waals surface area contributed by atoms with Crippen LogP contribution in [0, 0.1) is 0 Å². The molecule has 0 saturated carbocycles. The number of hydrogen-bond donors (Lipinski definition) is 4. The summed E-state index contributed by atoms with van der Waals surface area (Å²) < 4.78 is 0. The van der Waals surface area contributed by atoms with Crippen molar-refractivity contribution in [1.29, 1.82) is 0 Å². The molecular formula is C4H20GeHfO4. The van der Waals surface area contributed by atoms with E-state index in [-0.39, 0.29) is 43.4 Å². The molecule has 0 aromatic rings. The second-order valence-electron chi connectivity index (χ2n) is 0. The zero-order valence-electron chi connectivity index (χ0n) is 6.29. The summed E-state index contributed by atoms with van der Waals surface area (Å²) in [6, 6.07) is 0. The zero-order chi connectivity index (χ0) is 8.00. The van der Waals surface area contributed by atoms with E-state index in [0.717, 1.165) is 28.4 Å². The summed E-state index contributed by atoms with van der Waals surface area (Å²) in [6.07, 6.45) is 0. The van der Waals surface area contributed by atoms with Crippen molar-refractivity contribution in [2.75, 3.05) is 28.4 Å². The van der Waals surface area contributed by atoms with Crippen molar-refractivity contribution in [3.05, 3.63) is 0 Å². The Bertz CT molecular complexity index is 17.2. The van der Waals surface area contributed by atoms with Crippen molar-refractivity contribution in [2.45, 2.75) is 0 Å². The Morgan fingerprint density at radius 3 is 0.500 bits per heavy atom. The van der Waals surface area contributed by atoms with Crippen LogP contribution in [0.15, 0.2) is 0 Å². The molecule has 0 heterocycles. The van der Waals surface area contributed by atoms with Crippen LogP contribution >= 0.6 is 0 Å². The summed E-state index contributed by atoms with van der Waals surface area (Å²) >= 11 is 0. The van der Waals surface area contributed by atoms with Gasteiger partial charge in [-0.1, -0.05) is 0 Å². The van der Waals surface area contributed by atoms with E-state index < -0.39 is 0 Å². The van der Waals surface area contributed by atoms with E-state index in [1.54, 1.807) is 0 Å². The maximum atomic E-state index is 7.00. The number of hydrogen-bond acceptors (Lipinski definition) is 4. The largest absolute Gasteiger partial charge is 0 e. The first-order valence-corrected chi connectivity index (χ1v) is 1.79. The first-order chi connectivity index (χ1) is 4.00. The minimum atomic E-state index is 0. The van der Waals surface area contributed by atoms with Crippen LogP contribution in [0.5, 0.6) is 0 Å². The number of aliphatic hydroxyl groups is 4. The van der Waals surface area contributed by atoms with E-state index in [0.29, 0.717) is 0 Å². The zero-order valence-corrected chi connectivity index (χ0v) is 9.88. The van der Waals surface area contributed by atoms with Crippen molar-refractivity contribution >= 4 is 17.6 Å². The van der Waals surface area contributed by atoms with Crippen LogP contribution in [-0.2, 0) is 25.8 Å². The molecule has 0 fully saturated rings. The molecule has 68 valence electrons. The molecule has 0 atom stereocenters. The first-order valence-electron chi connectivity index (χ1n) is 1.79. The first kappa shape index (κ1) is 42.9. The average Bonchev–Trinajstić information content (AvgIpc) is 2.03. The van der Waals surface area contributed by atoms with Gasteiger partial charge in [-0.05, 0) is 0 Å². The van der Waals surface area contributed by atoms with Gasteiger partial charge in [0, 0.05) is 54.3 Å². The van der Waals surface area contributed by atoms with Crippen LogP contribution in [0.3, 0.4) is 0 Å². The fraction of sp³-hybridized carbons (Fsp3) is 1.00. The van der Waals surface area contributed by atoms with Crippen LogP contribution in [-0.4, -0.2) is 66.5 Å². The quantitative estimate of drug-likeness (QED) is 0.336. The van der Waals surface area contributed by atoms with Gasteiger partial charge in [0.1, 0.15) is 0 Å². The predicted octanol–water partition coefficient (Wildman–Crippen LogP) is -3.02. The molecule has 0 aliphatic rings. The van der Waals surface area contributed by atoms with Crippen LogP contribution in [0.4, 0.5) is 0 Å². The standard InChI is InChI=1S/4CH4O.GeH4.Hf/c4*1-2;;/h4*2H,1H3;1H4;. The van der Waals surface area contributed by atoms with Gasteiger partial charge in [-0.2, -0.15) is 0 Å². The molecule has 0 saturated heterocycles. The molecule has 10 heavy (non-hydrogen) atoms.